The first-order valence-corrected chi connectivity index (χ1v) is 7.42. The Bertz CT molecular complexity index is 575. The molecule has 0 amide bonds. The van der Waals surface area contributed by atoms with Crippen LogP contribution in [0, 0.1) is 0 Å². The van der Waals surface area contributed by atoms with Crippen LogP contribution in [0.2, 0.25) is 0 Å². The molecule has 0 aliphatic rings. The third-order valence-corrected chi connectivity index (χ3v) is 3.34. The zero-order valence-electron chi connectivity index (χ0n) is 13.2. The van der Waals surface area contributed by atoms with Crippen molar-refractivity contribution in [1.29, 1.82) is 0 Å². The molecule has 6 heteroatoms. The molecule has 6 nitrogen and oxygen atoms in total. The minimum Gasteiger partial charge on any atom is -0.370 e. The molecule has 0 aliphatic carbocycles. The lowest BCUT2D eigenvalue weighted by atomic mass is 10.0. The van der Waals surface area contributed by atoms with E-state index in [0.29, 0.717) is 12.5 Å². The SMILES string of the molecule is CCCNc1ncnc(NCc2nccn2C)c1C(C)C. The highest BCUT2D eigenvalue weighted by Crippen LogP contribution is 2.28. The maximum atomic E-state index is 4.40. The van der Waals surface area contributed by atoms with Crippen molar-refractivity contribution in [2.45, 2.75) is 39.7 Å². The molecule has 114 valence electrons. The molecular weight excluding hydrogens is 264 g/mol. The Kier molecular flexibility index (Phi) is 5.14. The van der Waals surface area contributed by atoms with Crippen LogP contribution < -0.4 is 10.6 Å². The quantitative estimate of drug-likeness (QED) is 0.820. The summed E-state index contributed by atoms with van der Waals surface area (Å²) < 4.78 is 2.00. The van der Waals surface area contributed by atoms with Gasteiger partial charge in [0, 0.05) is 31.5 Å². The average Bonchev–Trinajstić information content (AvgIpc) is 2.87. The summed E-state index contributed by atoms with van der Waals surface area (Å²) in [6.07, 6.45) is 6.41. The van der Waals surface area contributed by atoms with E-state index in [2.05, 4.69) is 46.4 Å². The van der Waals surface area contributed by atoms with E-state index in [1.54, 1.807) is 12.5 Å². The Labute approximate surface area is 126 Å². The molecule has 0 atom stereocenters. The Morgan fingerprint density at radius 1 is 1.14 bits per heavy atom. The number of nitrogens with zero attached hydrogens (tertiary/aromatic N) is 4. The summed E-state index contributed by atoms with van der Waals surface area (Å²) in [5.41, 5.74) is 1.13. The topological polar surface area (TPSA) is 67.7 Å². The second kappa shape index (κ2) is 7.06. The van der Waals surface area contributed by atoms with Gasteiger partial charge in [0.25, 0.3) is 0 Å². The molecule has 2 heterocycles. The van der Waals surface area contributed by atoms with Crippen molar-refractivity contribution in [2.75, 3.05) is 17.2 Å². The van der Waals surface area contributed by atoms with Gasteiger partial charge < -0.3 is 15.2 Å². The largest absolute Gasteiger partial charge is 0.370 e. The fraction of sp³-hybridized carbons (Fsp3) is 0.533. The maximum Gasteiger partial charge on any atom is 0.135 e. The zero-order chi connectivity index (χ0) is 15.2. The van der Waals surface area contributed by atoms with E-state index in [0.717, 1.165) is 36.0 Å². The fourth-order valence-corrected chi connectivity index (χ4v) is 2.20. The number of rotatable bonds is 7. The number of hydrogen-bond donors (Lipinski definition) is 2. The van der Waals surface area contributed by atoms with Gasteiger partial charge in [-0.3, -0.25) is 0 Å². The smallest absolute Gasteiger partial charge is 0.135 e. The van der Waals surface area contributed by atoms with Gasteiger partial charge in [0.1, 0.15) is 23.8 Å². The Hall–Kier alpha value is -2.11. The van der Waals surface area contributed by atoms with Gasteiger partial charge in [0.2, 0.25) is 0 Å². The van der Waals surface area contributed by atoms with Crippen LogP contribution in [0.1, 0.15) is 44.5 Å². The molecule has 0 bridgehead atoms. The first kappa shape index (κ1) is 15.3. The van der Waals surface area contributed by atoms with E-state index in [-0.39, 0.29) is 0 Å². The van der Waals surface area contributed by atoms with Crippen molar-refractivity contribution in [1.82, 2.24) is 19.5 Å². The van der Waals surface area contributed by atoms with Crippen LogP contribution in [0.4, 0.5) is 11.6 Å². The van der Waals surface area contributed by atoms with Gasteiger partial charge >= 0.3 is 0 Å². The highest BCUT2D eigenvalue weighted by molar-refractivity contribution is 5.59. The highest BCUT2D eigenvalue weighted by atomic mass is 15.1. The predicted molar refractivity (Wildman–Crippen MR) is 85.4 cm³/mol. The van der Waals surface area contributed by atoms with Gasteiger partial charge in [-0.15, -0.1) is 0 Å². The summed E-state index contributed by atoms with van der Waals surface area (Å²) >= 11 is 0. The lowest BCUT2D eigenvalue weighted by molar-refractivity contribution is 0.800. The summed E-state index contributed by atoms with van der Waals surface area (Å²) in [5.74, 6) is 3.12. The van der Waals surface area contributed by atoms with Gasteiger partial charge in [-0.25, -0.2) is 15.0 Å². The average molecular weight is 288 g/mol. The summed E-state index contributed by atoms with van der Waals surface area (Å²) in [7, 11) is 1.99. The summed E-state index contributed by atoms with van der Waals surface area (Å²) in [6, 6.07) is 0. The molecule has 2 N–H and O–H groups in total. The van der Waals surface area contributed by atoms with Crippen LogP contribution in [-0.2, 0) is 13.6 Å². The Morgan fingerprint density at radius 2 is 1.86 bits per heavy atom. The van der Waals surface area contributed by atoms with E-state index >= 15 is 0 Å². The molecule has 2 aromatic heterocycles. The van der Waals surface area contributed by atoms with E-state index in [1.165, 1.54) is 0 Å². The maximum absolute atomic E-state index is 4.40. The van der Waals surface area contributed by atoms with Crippen molar-refractivity contribution < 1.29 is 0 Å². The van der Waals surface area contributed by atoms with Crippen LogP contribution in [0.5, 0.6) is 0 Å². The lowest BCUT2D eigenvalue weighted by Crippen LogP contribution is -2.13. The standard InChI is InChI=1S/C15H24N6/c1-5-6-17-14-13(11(2)3)15(20-10-19-14)18-9-12-16-7-8-21(12)4/h7-8,10-11H,5-6,9H2,1-4H3,(H2,17,18,19,20). The van der Waals surface area contributed by atoms with Gasteiger partial charge in [0.15, 0.2) is 0 Å². The number of anilines is 2. The van der Waals surface area contributed by atoms with Crippen molar-refractivity contribution in [3.8, 4) is 0 Å². The highest BCUT2D eigenvalue weighted by Gasteiger charge is 2.15. The third-order valence-electron chi connectivity index (χ3n) is 3.34. The third kappa shape index (κ3) is 3.71. The van der Waals surface area contributed by atoms with Crippen molar-refractivity contribution >= 4 is 11.6 Å². The van der Waals surface area contributed by atoms with Gasteiger partial charge in [-0.2, -0.15) is 0 Å². The molecule has 0 radical (unpaired) electrons. The van der Waals surface area contributed by atoms with Crippen LogP contribution in [0.15, 0.2) is 18.7 Å². The minimum atomic E-state index is 0.342. The molecule has 21 heavy (non-hydrogen) atoms. The van der Waals surface area contributed by atoms with Gasteiger partial charge in [0.05, 0.1) is 6.54 Å². The monoisotopic (exact) mass is 288 g/mol. The van der Waals surface area contributed by atoms with E-state index < -0.39 is 0 Å². The van der Waals surface area contributed by atoms with Crippen LogP contribution >= 0.6 is 0 Å². The number of hydrogen-bond acceptors (Lipinski definition) is 5. The van der Waals surface area contributed by atoms with Gasteiger partial charge in [-0.1, -0.05) is 20.8 Å². The number of imidazole rings is 1. The van der Waals surface area contributed by atoms with E-state index in [4.69, 9.17) is 0 Å². The molecule has 0 spiro atoms. The summed E-state index contributed by atoms with van der Waals surface area (Å²) in [4.78, 5) is 13.1. The normalized spacial score (nSPS) is 10.9. The fourth-order valence-electron chi connectivity index (χ4n) is 2.20. The number of aryl methyl sites for hydroxylation is 1. The second-order valence-corrected chi connectivity index (χ2v) is 5.37. The number of aromatic nitrogens is 4. The van der Waals surface area contributed by atoms with Crippen LogP contribution in [0.25, 0.3) is 0 Å². The molecule has 0 saturated carbocycles. The van der Waals surface area contributed by atoms with Crippen LogP contribution in [0.3, 0.4) is 0 Å². The molecular formula is C15H24N6. The van der Waals surface area contributed by atoms with Crippen molar-refractivity contribution in [3.05, 3.63) is 30.1 Å². The van der Waals surface area contributed by atoms with Crippen molar-refractivity contribution in [2.24, 2.45) is 7.05 Å². The molecule has 0 fully saturated rings. The van der Waals surface area contributed by atoms with Crippen LogP contribution in [-0.4, -0.2) is 26.1 Å². The van der Waals surface area contributed by atoms with Crippen molar-refractivity contribution in [3.63, 3.8) is 0 Å². The Balaban J connectivity index is 2.19. The van der Waals surface area contributed by atoms with Gasteiger partial charge in [-0.05, 0) is 12.3 Å². The van der Waals surface area contributed by atoms with E-state index in [9.17, 15) is 0 Å². The summed E-state index contributed by atoms with van der Waals surface area (Å²) in [5, 5.41) is 6.76. The first-order chi connectivity index (χ1) is 10.1. The van der Waals surface area contributed by atoms with E-state index in [1.807, 2.05) is 17.8 Å². The summed E-state index contributed by atoms with van der Waals surface area (Å²) in [6.45, 7) is 8.01. The Morgan fingerprint density at radius 3 is 2.43 bits per heavy atom. The zero-order valence-corrected chi connectivity index (χ0v) is 13.2. The molecule has 2 aromatic rings. The molecule has 2 rings (SSSR count). The molecule has 0 aliphatic heterocycles. The second-order valence-electron chi connectivity index (χ2n) is 5.37. The predicted octanol–water partition coefficient (Wildman–Crippen LogP) is 2.77. The lowest BCUT2D eigenvalue weighted by Gasteiger charge is -2.17. The minimum absolute atomic E-state index is 0.342. The first-order valence-electron chi connectivity index (χ1n) is 7.42. The molecule has 0 unspecified atom stereocenters. The number of nitrogens with one attached hydrogen (secondary N) is 2. The molecule has 0 aromatic carbocycles. The molecule has 0 saturated heterocycles.